The zero-order valence-electron chi connectivity index (χ0n) is 19.0. The molecule has 5 nitrogen and oxygen atoms in total. The number of hydrogen-bond donors (Lipinski definition) is 3. The highest BCUT2D eigenvalue weighted by Gasteiger charge is 2.62. The van der Waals surface area contributed by atoms with Gasteiger partial charge in [0.2, 0.25) is 5.95 Å². The number of anilines is 1. The molecule has 188 valence electrons. The summed E-state index contributed by atoms with van der Waals surface area (Å²) < 4.78 is 72.7. The normalized spacial score (nSPS) is 22.0. The Hall–Kier alpha value is -3.66. The molecule has 0 radical (unpaired) electrons. The van der Waals surface area contributed by atoms with Crippen LogP contribution in [0.3, 0.4) is 0 Å². The Morgan fingerprint density at radius 2 is 1.86 bits per heavy atom. The second-order valence-corrected chi connectivity index (χ2v) is 8.97. The van der Waals surface area contributed by atoms with Crippen molar-refractivity contribution in [2.45, 2.75) is 43.5 Å². The first-order chi connectivity index (χ1) is 17.0. The van der Waals surface area contributed by atoms with Crippen LogP contribution in [-0.4, -0.2) is 31.5 Å². The van der Waals surface area contributed by atoms with Crippen LogP contribution in [0.2, 0.25) is 0 Å². The maximum absolute atomic E-state index is 14.4. The Balaban J connectivity index is 1.74. The molecule has 4 aromatic rings. The van der Waals surface area contributed by atoms with Crippen molar-refractivity contribution < 1.29 is 32.2 Å². The molecule has 0 amide bonds. The van der Waals surface area contributed by atoms with Crippen molar-refractivity contribution in [3.63, 3.8) is 0 Å². The van der Waals surface area contributed by atoms with Crippen LogP contribution in [-0.2, 0) is 0 Å². The van der Waals surface area contributed by atoms with E-state index in [1.165, 1.54) is 12.3 Å². The monoisotopic (exact) mass is 503 g/mol. The maximum Gasteiger partial charge on any atom is 0.419 e. The van der Waals surface area contributed by atoms with E-state index in [9.17, 15) is 32.2 Å². The number of phenols is 1. The summed E-state index contributed by atoms with van der Waals surface area (Å²) in [5.41, 5.74) is -2.27. The molecule has 5 rings (SSSR count). The molecule has 2 aromatic heterocycles. The van der Waals surface area contributed by atoms with Gasteiger partial charge in [0.05, 0.1) is 23.4 Å². The zero-order valence-corrected chi connectivity index (χ0v) is 19.0. The van der Waals surface area contributed by atoms with Crippen LogP contribution < -0.4 is 5.32 Å². The van der Waals surface area contributed by atoms with E-state index >= 15 is 0 Å². The number of aromatic hydroxyl groups is 1. The fraction of sp³-hybridized carbons (Fsp3) is 0.269. The quantitative estimate of drug-likeness (QED) is 0.224. The SMILES string of the molecule is CC[C@@H]1C[C@](O)(C(F)(F)F)[C@@H](Nc2cc3ccccc3n2-c2ccc(F)nc2)c2ccc(F)c(O)c21. The van der Waals surface area contributed by atoms with Gasteiger partial charge in [-0.3, -0.25) is 4.57 Å². The van der Waals surface area contributed by atoms with E-state index in [0.717, 1.165) is 18.2 Å². The first kappa shape index (κ1) is 24.1. The molecule has 0 unspecified atom stereocenters. The third-order valence-electron chi connectivity index (χ3n) is 6.91. The molecule has 10 heteroatoms. The lowest BCUT2D eigenvalue weighted by Gasteiger charge is -2.45. The van der Waals surface area contributed by atoms with E-state index in [0.29, 0.717) is 16.6 Å². The number of aromatic nitrogens is 2. The molecule has 0 saturated carbocycles. The van der Waals surface area contributed by atoms with Crippen LogP contribution in [0.25, 0.3) is 16.6 Å². The molecule has 0 bridgehead atoms. The average molecular weight is 503 g/mol. The van der Waals surface area contributed by atoms with Crippen LogP contribution in [0, 0.1) is 11.8 Å². The molecule has 1 aliphatic rings. The molecule has 1 aliphatic carbocycles. The minimum Gasteiger partial charge on any atom is -0.505 e. The second kappa shape index (κ2) is 8.48. The largest absolute Gasteiger partial charge is 0.505 e. The molecular formula is C26H22F5N3O2. The summed E-state index contributed by atoms with van der Waals surface area (Å²) in [4.78, 5) is 3.66. The highest BCUT2D eigenvalue weighted by Crippen LogP contribution is 2.55. The predicted molar refractivity (Wildman–Crippen MR) is 124 cm³/mol. The minimum absolute atomic E-state index is 0.0371. The topological polar surface area (TPSA) is 70.3 Å². The molecule has 0 spiro atoms. The summed E-state index contributed by atoms with van der Waals surface area (Å²) >= 11 is 0. The van der Waals surface area contributed by atoms with Gasteiger partial charge in [-0.15, -0.1) is 0 Å². The van der Waals surface area contributed by atoms with E-state index in [2.05, 4.69) is 10.3 Å². The van der Waals surface area contributed by atoms with E-state index < -0.39 is 47.7 Å². The Morgan fingerprint density at radius 1 is 1.11 bits per heavy atom. The summed E-state index contributed by atoms with van der Waals surface area (Å²) in [6.45, 7) is 1.61. The third kappa shape index (κ3) is 3.67. The number of nitrogens with zero attached hydrogens (tertiary/aromatic N) is 2. The van der Waals surface area contributed by atoms with Crippen molar-refractivity contribution in [3.8, 4) is 11.4 Å². The Kier molecular flexibility index (Phi) is 5.66. The molecule has 2 heterocycles. The van der Waals surface area contributed by atoms with E-state index in [4.69, 9.17) is 0 Å². The van der Waals surface area contributed by atoms with Gasteiger partial charge >= 0.3 is 6.18 Å². The fourth-order valence-electron chi connectivity index (χ4n) is 5.14. The molecule has 0 saturated heterocycles. The molecule has 3 N–H and O–H groups in total. The lowest BCUT2D eigenvalue weighted by molar-refractivity contribution is -0.273. The lowest BCUT2D eigenvalue weighted by atomic mass is 9.69. The highest BCUT2D eigenvalue weighted by atomic mass is 19.4. The average Bonchev–Trinajstić information content (AvgIpc) is 3.20. The van der Waals surface area contributed by atoms with Crippen LogP contribution in [0.1, 0.15) is 42.9 Å². The van der Waals surface area contributed by atoms with E-state index in [1.807, 2.05) is 0 Å². The standard InChI is InChI=1S/C26H22F5N3O2/c1-2-14-12-25(36,26(29,30)31)24(17-8-9-18(27)23(35)22(14)17)33-21-11-15-5-3-4-6-19(15)34(21)16-7-10-20(28)32-13-16/h3-11,13-14,24,33,35-36H,2,12H2,1H3/t14-,24+,25-/m1/s1. The van der Waals surface area contributed by atoms with Crippen LogP contribution in [0.4, 0.5) is 27.8 Å². The number of para-hydroxylation sites is 1. The van der Waals surface area contributed by atoms with Gasteiger partial charge in [-0.1, -0.05) is 31.2 Å². The summed E-state index contributed by atoms with van der Waals surface area (Å²) in [7, 11) is 0. The number of aliphatic hydroxyl groups is 1. The second-order valence-electron chi connectivity index (χ2n) is 8.97. The number of alkyl halides is 3. The van der Waals surface area contributed by atoms with Crippen LogP contribution in [0.15, 0.2) is 60.8 Å². The summed E-state index contributed by atoms with van der Waals surface area (Å²) in [6, 6.07) is 11.4. The summed E-state index contributed by atoms with van der Waals surface area (Å²) in [6.07, 6.45) is -4.43. The van der Waals surface area contributed by atoms with Crippen LogP contribution >= 0.6 is 0 Å². The summed E-state index contributed by atoms with van der Waals surface area (Å²) in [5, 5.41) is 25.1. The first-order valence-electron chi connectivity index (χ1n) is 11.3. The number of halogens is 5. The molecular weight excluding hydrogens is 481 g/mol. The van der Waals surface area contributed by atoms with Gasteiger partial charge in [0, 0.05) is 10.9 Å². The Bertz CT molecular complexity index is 1430. The fourth-order valence-corrected chi connectivity index (χ4v) is 5.14. The Morgan fingerprint density at radius 3 is 2.53 bits per heavy atom. The molecule has 3 atom stereocenters. The molecule has 0 fully saturated rings. The van der Waals surface area contributed by atoms with Gasteiger partial charge in [0.25, 0.3) is 0 Å². The van der Waals surface area contributed by atoms with Crippen LogP contribution in [0.5, 0.6) is 5.75 Å². The van der Waals surface area contributed by atoms with Gasteiger partial charge in [0.1, 0.15) is 5.82 Å². The van der Waals surface area contributed by atoms with Crippen molar-refractivity contribution in [3.05, 3.63) is 83.7 Å². The van der Waals surface area contributed by atoms with Crippen molar-refractivity contribution in [2.24, 2.45) is 0 Å². The van der Waals surface area contributed by atoms with Crippen molar-refractivity contribution in [1.82, 2.24) is 9.55 Å². The number of phenolic OH excluding ortho intramolecular Hbond substituents is 1. The zero-order chi connectivity index (χ0) is 25.8. The molecule has 36 heavy (non-hydrogen) atoms. The number of benzene rings is 2. The molecule has 0 aliphatic heterocycles. The number of pyridine rings is 1. The number of fused-ring (bicyclic) bond motifs is 2. The number of hydrogen-bond acceptors (Lipinski definition) is 4. The molecule has 2 aromatic carbocycles. The number of rotatable bonds is 4. The Labute approximate surface area is 202 Å². The van der Waals surface area contributed by atoms with Gasteiger partial charge in [0.15, 0.2) is 17.2 Å². The summed E-state index contributed by atoms with van der Waals surface area (Å²) in [5.74, 6) is -3.15. The van der Waals surface area contributed by atoms with Gasteiger partial charge in [-0.05, 0) is 54.7 Å². The minimum atomic E-state index is -5.05. The van der Waals surface area contributed by atoms with E-state index in [1.54, 1.807) is 41.8 Å². The smallest absolute Gasteiger partial charge is 0.419 e. The lowest BCUT2D eigenvalue weighted by Crippen LogP contribution is -2.55. The van der Waals surface area contributed by atoms with E-state index in [-0.39, 0.29) is 23.4 Å². The first-order valence-corrected chi connectivity index (χ1v) is 11.3. The number of nitrogens with one attached hydrogen (secondary N) is 1. The van der Waals surface area contributed by atoms with Gasteiger partial charge in [-0.2, -0.15) is 17.6 Å². The third-order valence-corrected chi connectivity index (χ3v) is 6.91. The van der Waals surface area contributed by atoms with Gasteiger partial charge < -0.3 is 15.5 Å². The van der Waals surface area contributed by atoms with Crippen molar-refractivity contribution in [2.75, 3.05) is 5.32 Å². The van der Waals surface area contributed by atoms with Gasteiger partial charge in [-0.25, -0.2) is 9.37 Å². The maximum atomic E-state index is 14.4. The highest BCUT2D eigenvalue weighted by molar-refractivity contribution is 5.87. The van der Waals surface area contributed by atoms with Crippen molar-refractivity contribution >= 4 is 16.7 Å². The van der Waals surface area contributed by atoms with Crippen molar-refractivity contribution in [1.29, 1.82) is 0 Å². The predicted octanol–water partition coefficient (Wildman–Crippen LogP) is 6.35.